The zero-order valence-corrected chi connectivity index (χ0v) is 11.4. The molecule has 0 aliphatic carbocycles. The molecule has 19 heavy (non-hydrogen) atoms. The fourth-order valence-electron chi connectivity index (χ4n) is 1.92. The zero-order chi connectivity index (χ0) is 14.1. The minimum atomic E-state index is -0.783. The van der Waals surface area contributed by atoms with Gasteiger partial charge in [0.2, 0.25) is 0 Å². The minimum Gasteiger partial charge on any atom is -0.481 e. The van der Waals surface area contributed by atoms with Crippen LogP contribution in [-0.4, -0.2) is 29.3 Å². The predicted octanol–water partition coefficient (Wildman–Crippen LogP) is 2.13. The summed E-state index contributed by atoms with van der Waals surface area (Å²) in [6.45, 7) is 3.20. The first kappa shape index (κ1) is 15.7. The molecular weight excluding hydrogens is 242 g/mol. The Labute approximate surface area is 114 Å². The molecule has 0 saturated heterocycles. The van der Waals surface area contributed by atoms with Gasteiger partial charge in [-0.2, -0.15) is 0 Å². The quantitative estimate of drug-likeness (QED) is 0.598. The normalized spacial score (nSPS) is 12.3. The van der Waals surface area contributed by atoms with E-state index >= 15 is 0 Å². The van der Waals surface area contributed by atoms with Crippen LogP contribution in [0.1, 0.15) is 43.4 Å². The van der Waals surface area contributed by atoms with Gasteiger partial charge >= 0.3 is 5.97 Å². The van der Waals surface area contributed by atoms with Crippen molar-refractivity contribution in [3.63, 3.8) is 0 Å². The van der Waals surface area contributed by atoms with Gasteiger partial charge in [-0.25, -0.2) is 0 Å². The monoisotopic (exact) mass is 265 g/mol. The summed E-state index contributed by atoms with van der Waals surface area (Å²) in [5, 5.41) is 21.5. The second-order valence-electron chi connectivity index (χ2n) is 4.71. The van der Waals surface area contributed by atoms with Crippen LogP contribution in [0.5, 0.6) is 0 Å². The number of carboxylic acid groups (broad SMARTS) is 1. The van der Waals surface area contributed by atoms with E-state index in [-0.39, 0.29) is 6.42 Å². The molecule has 0 bridgehead atoms. The van der Waals surface area contributed by atoms with Crippen molar-refractivity contribution in [2.75, 3.05) is 13.1 Å². The Bertz CT molecular complexity index is 375. The summed E-state index contributed by atoms with van der Waals surface area (Å²) in [7, 11) is 0. The van der Waals surface area contributed by atoms with Crippen molar-refractivity contribution in [1.82, 2.24) is 5.32 Å². The van der Waals surface area contributed by atoms with E-state index < -0.39 is 12.1 Å². The van der Waals surface area contributed by atoms with Crippen molar-refractivity contribution >= 4 is 5.97 Å². The molecule has 0 aliphatic rings. The van der Waals surface area contributed by atoms with E-state index in [1.54, 1.807) is 0 Å². The van der Waals surface area contributed by atoms with Crippen molar-refractivity contribution < 1.29 is 15.0 Å². The van der Waals surface area contributed by atoms with Crippen molar-refractivity contribution in [2.45, 2.75) is 38.7 Å². The lowest BCUT2D eigenvalue weighted by molar-refractivity contribution is -0.137. The Balaban J connectivity index is 2.28. The molecule has 106 valence electrons. The molecule has 4 nitrogen and oxygen atoms in total. The largest absolute Gasteiger partial charge is 0.481 e. The van der Waals surface area contributed by atoms with E-state index in [1.807, 2.05) is 24.3 Å². The highest BCUT2D eigenvalue weighted by Crippen LogP contribution is 2.14. The Morgan fingerprint density at radius 2 is 2.00 bits per heavy atom. The van der Waals surface area contributed by atoms with Gasteiger partial charge in [0.05, 0.1) is 6.10 Å². The minimum absolute atomic E-state index is 0.162. The molecule has 1 rings (SSSR count). The van der Waals surface area contributed by atoms with Crippen LogP contribution < -0.4 is 5.32 Å². The van der Waals surface area contributed by atoms with E-state index in [0.29, 0.717) is 19.5 Å². The maximum absolute atomic E-state index is 10.3. The molecule has 0 fully saturated rings. The third kappa shape index (κ3) is 6.36. The number of aryl methyl sites for hydroxylation is 1. The van der Waals surface area contributed by atoms with Crippen LogP contribution in [0.3, 0.4) is 0 Å². The van der Waals surface area contributed by atoms with Crippen molar-refractivity contribution in [2.24, 2.45) is 0 Å². The molecule has 0 radical (unpaired) electrons. The van der Waals surface area contributed by atoms with Crippen molar-refractivity contribution in [3.05, 3.63) is 35.4 Å². The molecule has 0 amide bonds. The highest BCUT2D eigenvalue weighted by atomic mass is 16.4. The number of aliphatic hydroxyl groups excluding tert-OH is 1. The summed E-state index contributed by atoms with van der Waals surface area (Å²) in [5.74, 6) is -0.783. The van der Waals surface area contributed by atoms with Crippen LogP contribution in [0.4, 0.5) is 0 Å². The van der Waals surface area contributed by atoms with Crippen LogP contribution in [0, 0.1) is 0 Å². The molecule has 0 aromatic heterocycles. The van der Waals surface area contributed by atoms with Gasteiger partial charge in [0.1, 0.15) is 0 Å². The van der Waals surface area contributed by atoms with Crippen molar-refractivity contribution in [3.8, 4) is 0 Å². The molecular formula is C15H23NO3. The van der Waals surface area contributed by atoms with Gasteiger partial charge in [-0.05, 0) is 30.5 Å². The Morgan fingerprint density at radius 1 is 1.32 bits per heavy atom. The number of hydrogen-bond acceptors (Lipinski definition) is 3. The maximum Gasteiger partial charge on any atom is 0.303 e. The zero-order valence-electron chi connectivity index (χ0n) is 11.4. The second kappa shape index (κ2) is 8.67. The molecule has 1 aromatic carbocycles. The van der Waals surface area contributed by atoms with Gasteiger partial charge in [0.15, 0.2) is 0 Å². The van der Waals surface area contributed by atoms with E-state index in [1.165, 1.54) is 5.56 Å². The number of nitrogens with one attached hydrogen (secondary N) is 1. The first-order valence-electron chi connectivity index (χ1n) is 6.83. The summed E-state index contributed by atoms with van der Waals surface area (Å²) < 4.78 is 0. The third-order valence-electron chi connectivity index (χ3n) is 2.99. The van der Waals surface area contributed by atoms with E-state index in [0.717, 1.165) is 18.4 Å². The van der Waals surface area contributed by atoms with Gasteiger partial charge in [-0.1, -0.05) is 37.6 Å². The van der Waals surface area contributed by atoms with Gasteiger partial charge in [-0.15, -0.1) is 0 Å². The number of aliphatic hydroxyl groups is 1. The van der Waals surface area contributed by atoms with Crippen LogP contribution >= 0.6 is 0 Å². The van der Waals surface area contributed by atoms with Gasteiger partial charge < -0.3 is 15.5 Å². The average molecular weight is 265 g/mol. The number of hydrogen-bond donors (Lipinski definition) is 3. The number of benzene rings is 1. The van der Waals surface area contributed by atoms with E-state index in [9.17, 15) is 9.90 Å². The second-order valence-corrected chi connectivity index (χ2v) is 4.71. The first-order valence-corrected chi connectivity index (χ1v) is 6.83. The Kier molecular flexibility index (Phi) is 7.15. The van der Waals surface area contributed by atoms with Gasteiger partial charge in [-0.3, -0.25) is 4.79 Å². The number of aliphatic carboxylic acids is 1. The maximum atomic E-state index is 10.3. The summed E-state index contributed by atoms with van der Waals surface area (Å²) >= 11 is 0. The first-order chi connectivity index (χ1) is 9.13. The lowest BCUT2D eigenvalue weighted by Crippen LogP contribution is -2.23. The predicted molar refractivity (Wildman–Crippen MR) is 75.1 cm³/mol. The molecule has 1 aromatic rings. The molecule has 0 aliphatic heterocycles. The highest BCUT2D eigenvalue weighted by molar-refractivity contribution is 5.66. The van der Waals surface area contributed by atoms with E-state index in [2.05, 4.69) is 12.2 Å². The standard InChI is InChI=1S/C15H23NO3/c1-2-4-12-6-8-13(9-7-12)14(17)11-16-10-3-5-15(18)19/h6-9,14,16-17H,2-5,10-11H2,1H3,(H,18,19). The lowest BCUT2D eigenvalue weighted by Gasteiger charge is -2.12. The molecule has 1 atom stereocenters. The average Bonchev–Trinajstić information content (AvgIpc) is 2.39. The molecule has 0 saturated carbocycles. The Hall–Kier alpha value is -1.39. The molecule has 4 heteroatoms. The topological polar surface area (TPSA) is 69.6 Å². The fraction of sp³-hybridized carbons (Fsp3) is 0.533. The van der Waals surface area contributed by atoms with Gasteiger partial charge in [0.25, 0.3) is 0 Å². The molecule has 3 N–H and O–H groups in total. The van der Waals surface area contributed by atoms with Crippen LogP contribution in [-0.2, 0) is 11.2 Å². The van der Waals surface area contributed by atoms with E-state index in [4.69, 9.17) is 5.11 Å². The summed E-state index contributed by atoms with van der Waals surface area (Å²) in [5.41, 5.74) is 2.18. The Morgan fingerprint density at radius 3 is 2.58 bits per heavy atom. The molecule has 0 spiro atoms. The molecule has 0 heterocycles. The van der Waals surface area contributed by atoms with Crippen LogP contribution in [0.2, 0.25) is 0 Å². The summed E-state index contributed by atoms with van der Waals surface area (Å²) in [6, 6.07) is 8.00. The smallest absolute Gasteiger partial charge is 0.303 e. The summed E-state index contributed by atoms with van der Waals surface area (Å²) in [6.07, 6.45) is 2.38. The summed E-state index contributed by atoms with van der Waals surface area (Å²) in [4.78, 5) is 10.3. The number of carbonyl (C=O) groups is 1. The van der Waals surface area contributed by atoms with Crippen LogP contribution in [0.15, 0.2) is 24.3 Å². The number of carboxylic acids is 1. The fourth-order valence-corrected chi connectivity index (χ4v) is 1.92. The highest BCUT2D eigenvalue weighted by Gasteiger charge is 2.06. The SMILES string of the molecule is CCCc1ccc(C(O)CNCCCC(=O)O)cc1. The van der Waals surface area contributed by atoms with Gasteiger partial charge in [0, 0.05) is 13.0 Å². The third-order valence-corrected chi connectivity index (χ3v) is 2.99. The molecule has 1 unspecified atom stereocenters. The van der Waals surface area contributed by atoms with Crippen LogP contribution in [0.25, 0.3) is 0 Å². The number of rotatable bonds is 9. The lowest BCUT2D eigenvalue weighted by atomic mass is 10.0. The van der Waals surface area contributed by atoms with Crippen molar-refractivity contribution in [1.29, 1.82) is 0 Å².